The lowest BCUT2D eigenvalue weighted by Gasteiger charge is -2.27. The maximum absolute atomic E-state index is 12.7. The third-order valence-electron chi connectivity index (χ3n) is 4.74. The van der Waals surface area contributed by atoms with Crippen molar-refractivity contribution in [1.82, 2.24) is 9.21 Å². The van der Waals surface area contributed by atoms with Crippen LogP contribution in [-0.4, -0.2) is 69.5 Å². The zero-order valence-corrected chi connectivity index (χ0v) is 16.5. The quantitative estimate of drug-likeness (QED) is 0.762. The van der Waals surface area contributed by atoms with Crippen LogP contribution in [0.5, 0.6) is 0 Å². The van der Waals surface area contributed by atoms with E-state index in [1.807, 2.05) is 13.8 Å². The summed E-state index contributed by atoms with van der Waals surface area (Å²) in [4.78, 5) is 14.3. The standard InChI is InChI=1S/C18H29N3O4S/c1-14(2)17(19)8-9-20(3)26(23,24)16-6-4-15(5-7-16)18(22)21-10-12-25-13-11-21/h4-7,14,17H,8-13,19H2,1-3H3. The largest absolute Gasteiger partial charge is 0.378 e. The maximum atomic E-state index is 12.7. The van der Waals surface area contributed by atoms with Gasteiger partial charge in [0.05, 0.1) is 18.1 Å². The maximum Gasteiger partial charge on any atom is 0.254 e. The molecule has 146 valence electrons. The molecule has 1 amide bonds. The van der Waals surface area contributed by atoms with Crippen LogP contribution in [0.15, 0.2) is 29.2 Å². The van der Waals surface area contributed by atoms with E-state index < -0.39 is 10.0 Å². The number of hydrogen-bond acceptors (Lipinski definition) is 5. The molecule has 1 aromatic rings. The van der Waals surface area contributed by atoms with Gasteiger partial charge in [0, 0.05) is 38.3 Å². The van der Waals surface area contributed by atoms with Crippen molar-refractivity contribution in [3.8, 4) is 0 Å². The highest BCUT2D eigenvalue weighted by atomic mass is 32.2. The molecule has 0 bridgehead atoms. The smallest absolute Gasteiger partial charge is 0.254 e. The van der Waals surface area contributed by atoms with E-state index in [-0.39, 0.29) is 16.8 Å². The number of nitrogens with zero attached hydrogens (tertiary/aromatic N) is 2. The lowest BCUT2D eigenvalue weighted by atomic mass is 10.0. The van der Waals surface area contributed by atoms with Gasteiger partial charge in [-0.1, -0.05) is 13.8 Å². The molecule has 1 aliphatic heterocycles. The van der Waals surface area contributed by atoms with Gasteiger partial charge in [-0.25, -0.2) is 12.7 Å². The fourth-order valence-electron chi connectivity index (χ4n) is 2.68. The SMILES string of the molecule is CC(C)C(N)CCN(C)S(=O)(=O)c1ccc(C(=O)N2CCOCC2)cc1. The summed E-state index contributed by atoms with van der Waals surface area (Å²) >= 11 is 0. The Kier molecular flexibility index (Phi) is 7.16. The number of benzene rings is 1. The Labute approximate surface area is 156 Å². The predicted molar refractivity (Wildman–Crippen MR) is 100 cm³/mol. The molecule has 0 spiro atoms. The number of hydrogen-bond donors (Lipinski definition) is 1. The van der Waals surface area contributed by atoms with Crippen LogP contribution in [0.1, 0.15) is 30.6 Å². The Morgan fingerprint density at radius 1 is 1.23 bits per heavy atom. The van der Waals surface area contributed by atoms with Gasteiger partial charge in [-0.2, -0.15) is 0 Å². The average Bonchev–Trinajstić information content (AvgIpc) is 2.65. The lowest BCUT2D eigenvalue weighted by molar-refractivity contribution is 0.0303. The number of rotatable bonds is 7. The van der Waals surface area contributed by atoms with Crippen LogP contribution in [0, 0.1) is 5.92 Å². The van der Waals surface area contributed by atoms with Crippen molar-refractivity contribution in [2.75, 3.05) is 39.9 Å². The molecule has 26 heavy (non-hydrogen) atoms. The van der Waals surface area contributed by atoms with Gasteiger partial charge < -0.3 is 15.4 Å². The first-order valence-electron chi connectivity index (χ1n) is 8.92. The van der Waals surface area contributed by atoms with E-state index in [2.05, 4.69) is 0 Å². The molecule has 1 atom stereocenters. The summed E-state index contributed by atoms with van der Waals surface area (Å²) in [5.74, 6) is 0.199. The Bertz CT molecular complexity index is 698. The highest BCUT2D eigenvalue weighted by Gasteiger charge is 2.23. The second-order valence-corrected chi connectivity index (χ2v) is 9.00. The van der Waals surface area contributed by atoms with Gasteiger partial charge in [0.1, 0.15) is 0 Å². The molecule has 1 heterocycles. The molecular formula is C18H29N3O4S. The Hall–Kier alpha value is -1.48. The zero-order chi connectivity index (χ0) is 19.3. The zero-order valence-electron chi connectivity index (χ0n) is 15.7. The normalized spacial score (nSPS) is 16.9. The van der Waals surface area contributed by atoms with Crippen LogP contribution in [0.2, 0.25) is 0 Å². The van der Waals surface area contributed by atoms with E-state index in [1.54, 1.807) is 24.1 Å². The second-order valence-electron chi connectivity index (χ2n) is 6.95. The summed E-state index contributed by atoms with van der Waals surface area (Å²) in [5, 5.41) is 0. The number of amides is 1. The average molecular weight is 384 g/mol. The molecule has 1 unspecified atom stereocenters. The van der Waals surface area contributed by atoms with E-state index in [4.69, 9.17) is 10.5 Å². The van der Waals surface area contributed by atoms with E-state index in [0.29, 0.717) is 50.8 Å². The van der Waals surface area contributed by atoms with E-state index in [9.17, 15) is 13.2 Å². The number of carbonyl (C=O) groups is 1. The highest BCUT2D eigenvalue weighted by Crippen LogP contribution is 2.17. The Morgan fingerprint density at radius 3 is 2.35 bits per heavy atom. The van der Waals surface area contributed by atoms with Gasteiger partial charge in [-0.05, 0) is 36.6 Å². The van der Waals surface area contributed by atoms with Gasteiger partial charge in [0.25, 0.3) is 5.91 Å². The van der Waals surface area contributed by atoms with Gasteiger partial charge >= 0.3 is 0 Å². The highest BCUT2D eigenvalue weighted by molar-refractivity contribution is 7.89. The van der Waals surface area contributed by atoms with Crippen molar-refractivity contribution >= 4 is 15.9 Å². The fraction of sp³-hybridized carbons (Fsp3) is 0.611. The molecule has 8 heteroatoms. The third kappa shape index (κ3) is 5.03. The van der Waals surface area contributed by atoms with Crippen molar-refractivity contribution in [2.45, 2.75) is 31.2 Å². The van der Waals surface area contributed by atoms with Crippen molar-refractivity contribution in [3.05, 3.63) is 29.8 Å². The van der Waals surface area contributed by atoms with Crippen LogP contribution in [0.4, 0.5) is 0 Å². The van der Waals surface area contributed by atoms with Gasteiger partial charge in [0.2, 0.25) is 10.0 Å². The van der Waals surface area contributed by atoms with Crippen molar-refractivity contribution < 1.29 is 17.9 Å². The first-order chi connectivity index (χ1) is 12.2. The molecule has 7 nitrogen and oxygen atoms in total. The molecule has 2 rings (SSSR count). The summed E-state index contributed by atoms with van der Waals surface area (Å²) in [5.41, 5.74) is 6.48. The molecule has 1 saturated heterocycles. The van der Waals surface area contributed by atoms with Crippen molar-refractivity contribution in [3.63, 3.8) is 0 Å². The number of nitrogens with two attached hydrogens (primary N) is 1. The number of ether oxygens (including phenoxy) is 1. The molecule has 1 aromatic carbocycles. The van der Waals surface area contributed by atoms with E-state index >= 15 is 0 Å². The van der Waals surface area contributed by atoms with Gasteiger partial charge in [-0.15, -0.1) is 0 Å². The first-order valence-corrected chi connectivity index (χ1v) is 10.4. The van der Waals surface area contributed by atoms with Crippen LogP contribution >= 0.6 is 0 Å². The minimum Gasteiger partial charge on any atom is -0.378 e. The van der Waals surface area contributed by atoms with Crippen LogP contribution in [-0.2, 0) is 14.8 Å². The number of morpholine rings is 1. The number of sulfonamides is 1. The number of carbonyl (C=O) groups excluding carboxylic acids is 1. The summed E-state index contributed by atoms with van der Waals surface area (Å²) in [6, 6.07) is 6.07. The van der Waals surface area contributed by atoms with E-state index in [0.717, 1.165) is 0 Å². The minimum absolute atomic E-state index is 0.0406. The molecule has 1 aliphatic rings. The van der Waals surface area contributed by atoms with Crippen molar-refractivity contribution in [1.29, 1.82) is 0 Å². The summed E-state index contributed by atoms with van der Waals surface area (Å²) in [7, 11) is -2.04. The molecule has 0 aliphatic carbocycles. The Morgan fingerprint density at radius 2 is 1.81 bits per heavy atom. The minimum atomic E-state index is -3.59. The van der Waals surface area contributed by atoms with Crippen molar-refractivity contribution in [2.24, 2.45) is 11.7 Å². The lowest BCUT2D eigenvalue weighted by Crippen LogP contribution is -2.40. The fourth-order valence-corrected chi connectivity index (χ4v) is 3.87. The molecule has 0 aromatic heterocycles. The monoisotopic (exact) mass is 383 g/mol. The van der Waals surface area contributed by atoms with E-state index in [1.165, 1.54) is 16.4 Å². The molecule has 2 N–H and O–H groups in total. The van der Waals surface area contributed by atoms with Crippen LogP contribution < -0.4 is 5.73 Å². The summed E-state index contributed by atoms with van der Waals surface area (Å²) in [6.45, 7) is 6.56. The molecule has 0 saturated carbocycles. The van der Waals surface area contributed by atoms with Gasteiger partial charge in [-0.3, -0.25) is 4.79 Å². The third-order valence-corrected chi connectivity index (χ3v) is 6.61. The summed E-state index contributed by atoms with van der Waals surface area (Å²) < 4.78 is 31.9. The molecule has 0 radical (unpaired) electrons. The Balaban J connectivity index is 2.04. The predicted octanol–water partition coefficient (Wildman–Crippen LogP) is 1.15. The van der Waals surface area contributed by atoms with Crippen LogP contribution in [0.25, 0.3) is 0 Å². The summed E-state index contributed by atoms with van der Waals surface area (Å²) in [6.07, 6.45) is 0.598. The second kappa shape index (κ2) is 8.94. The van der Waals surface area contributed by atoms with Crippen LogP contribution in [0.3, 0.4) is 0 Å². The molecule has 1 fully saturated rings. The molecular weight excluding hydrogens is 354 g/mol. The first kappa shape index (κ1) is 20.8. The topological polar surface area (TPSA) is 92.9 Å². The van der Waals surface area contributed by atoms with Gasteiger partial charge in [0.15, 0.2) is 0 Å².